The summed E-state index contributed by atoms with van der Waals surface area (Å²) in [7, 11) is 0. The maximum atomic E-state index is 13.0. The smallest absolute Gasteiger partial charge is 0.248 e. The molecule has 1 aromatic heterocycles. The predicted molar refractivity (Wildman–Crippen MR) is 99.0 cm³/mol. The molecule has 3 rings (SSSR count). The number of benzene rings is 1. The van der Waals surface area contributed by atoms with Gasteiger partial charge in [-0.1, -0.05) is 12.1 Å². The minimum atomic E-state index is -0.605. The first-order valence-corrected chi connectivity index (χ1v) is 8.45. The molecule has 0 unspecified atom stereocenters. The number of carbonyl (C=O) groups excluding carboxylic acids is 1. The fourth-order valence-corrected chi connectivity index (χ4v) is 3.18. The van der Waals surface area contributed by atoms with Gasteiger partial charge in [-0.25, -0.2) is 0 Å². The third kappa shape index (κ3) is 4.32. The molecule has 0 bridgehead atoms. The van der Waals surface area contributed by atoms with Crippen molar-refractivity contribution in [3.05, 3.63) is 48.3 Å². The summed E-state index contributed by atoms with van der Waals surface area (Å²) < 4.78 is 7.32. The lowest BCUT2D eigenvalue weighted by atomic mass is 9.87. The van der Waals surface area contributed by atoms with Crippen molar-refractivity contribution >= 4 is 18.3 Å². The first-order chi connectivity index (χ1) is 11.7. The van der Waals surface area contributed by atoms with Crippen LogP contribution in [0, 0.1) is 0 Å². The van der Waals surface area contributed by atoms with E-state index in [1.54, 1.807) is 10.9 Å². The largest absolute Gasteiger partial charge is 0.494 e. The molecule has 1 amide bonds. The second kappa shape index (κ2) is 8.87. The SMILES string of the molecule is CCOc1cccc(CNC(=O)C2(n3cccn3)CCNCC2)c1.Cl. The fraction of sp³-hybridized carbons (Fsp3) is 0.444. The summed E-state index contributed by atoms with van der Waals surface area (Å²) in [4.78, 5) is 13.0. The average Bonchev–Trinajstić information content (AvgIpc) is 3.16. The van der Waals surface area contributed by atoms with Crippen LogP contribution < -0.4 is 15.4 Å². The number of carbonyl (C=O) groups is 1. The quantitative estimate of drug-likeness (QED) is 0.823. The molecule has 0 radical (unpaired) electrons. The van der Waals surface area contributed by atoms with E-state index in [2.05, 4.69) is 15.7 Å². The maximum absolute atomic E-state index is 13.0. The molecule has 1 fully saturated rings. The second-order valence-corrected chi connectivity index (χ2v) is 6.00. The van der Waals surface area contributed by atoms with Gasteiger partial charge in [-0.15, -0.1) is 12.4 Å². The van der Waals surface area contributed by atoms with E-state index < -0.39 is 5.54 Å². The zero-order valence-corrected chi connectivity index (χ0v) is 15.2. The summed E-state index contributed by atoms with van der Waals surface area (Å²) >= 11 is 0. The maximum Gasteiger partial charge on any atom is 0.248 e. The summed E-state index contributed by atoms with van der Waals surface area (Å²) in [6.45, 7) is 4.70. The number of nitrogens with one attached hydrogen (secondary N) is 2. The number of aromatic nitrogens is 2. The Kier molecular flexibility index (Phi) is 6.84. The van der Waals surface area contributed by atoms with Crippen LogP contribution in [-0.2, 0) is 16.9 Å². The van der Waals surface area contributed by atoms with Gasteiger partial charge in [0.05, 0.1) is 6.61 Å². The van der Waals surface area contributed by atoms with E-state index >= 15 is 0 Å². The summed E-state index contributed by atoms with van der Waals surface area (Å²) in [6.07, 6.45) is 5.07. The molecule has 1 aliphatic rings. The molecule has 0 atom stereocenters. The van der Waals surface area contributed by atoms with Crippen molar-refractivity contribution in [3.8, 4) is 5.75 Å². The van der Waals surface area contributed by atoms with Crippen molar-refractivity contribution in [2.45, 2.75) is 31.8 Å². The van der Waals surface area contributed by atoms with E-state index in [0.29, 0.717) is 13.2 Å². The van der Waals surface area contributed by atoms with Gasteiger partial charge in [0.25, 0.3) is 0 Å². The lowest BCUT2D eigenvalue weighted by Gasteiger charge is -2.36. The molecule has 25 heavy (non-hydrogen) atoms. The molecule has 6 nitrogen and oxygen atoms in total. The molecule has 2 N–H and O–H groups in total. The van der Waals surface area contributed by atoms with Gasteiger partial charge < -0.3 is 15.4 Å². The number of nitrogens with zero attached hydrogens (tertiary/aromatic N) is 2. The Morgan fingerprint density at radius 1 is 1.36 bits per heavy atom. The third-order valence-electron chi connectivity index (χ3n) is 4.46. The standard InChI is InChI=1S/C18H24N4O2.ClH/c1-2-24-16-6-3-5-15(13-16)14-20-17(23)18(7-10-19-11-8-18)22-12-4-9-21-22;/h3-6,9,12-13,19H,2,7-8,10-11,14H2,1H3,(H,20,23);1H. The molecule has 2 aromatic rings. The summed E-state index contributed by atoms with van der Waals surface area (Å²) in [5.41, 5.74) is 0.422. The molecule has 1 aliphatic heterocycles. The number of halogens is 1. The highest BCUT2D eigenvalue weighted by Crippen LogP contribution is 2.27. The van der Waals surface area contributed by atoms with E-state index in [4.69, 9.17) is 4.74 Å². The van der Waals surface area contributed by atoms with Crippen LogP contribution in [0.5, 0.6) is 5.75 Å². The summed E-state index contributed by atoms with van der Waals surface area (Å²) in [6, 6.07) is 9.69. The first-order valence-electron chi connectivity index (χ1n) is 8.45. The van der Waals surface area contributed by atoms with Crippen LogP contribution in [0.2, 0.25) is 0 Å². The molecule has 136 valence electrons. The predicted octanol–water partition coefficient (Wildman–Crippen LogP) is 2.10. The van der Waals surface area contributed by atoms with E-state index in [1.165, 1.54) is 0 Å². The molecule has 2 heterocycles. The molecule has 0 spiro atoms. The number of ether oxygens (including phenoxy) is 1. The van der Waals surface area contributed by atoms with Crippen LogP contribution in [0.1, 0.15) is 25.3 Å². The fourth-order valence-electron chi connectivity index (χ4n) is 3.18. The average molecular weight is 365 g/mol. The third-order valence-corrected chi connectivity index (χ3v) is 4.46. The normalized spacial score (nSPS) is 15.9. The summed E-state index contributed by atoms with van der Waals surface area (Å²) in [5, 5.41) is 10.7. The first kappa shape index (κ1) is 19.3. The lowest BCUT2D eigenvalue weighted by Crippen LogP contribution is -2.54. The van der Waals surface area contributed by atoms with Crippen LogP contribution in [0.25, 0.3) is 0 Å². The van der Waals surface area contributed by atoms with Gasteiger partial charge in [0.2, 0.25) is 5.91 Å². The summed E-state index contributed by atoms with van der Waals surface area (Å²) in [5.74, 6) is 0.849. The molecular weight excluding hydrogens is 340 g/mol. The topological polar surface area (TPSA) is 68.2 Å². The Morgan fingerprint density at radius 2 is 2.16 bits per heavy atom. The van der Waals surface area contributed by atoms with Gasteiger partial charge in [-0.3, -0.25) is 9.48 Å². The highest BCUT2D eigenvalue weighted by molar-refractivity contribution is 5.85. The van der Waals surface area contributed by atoms with E-state index in [1.807, 2.05) is 43.5 Å². The van der Waals surface area contributed by atoms with E-state index in [-0.39, 0.29) is 18.3 Å². The van der Waals surface area contributed by atoms with Crippen molar-refractivity contribution in [2.24, 2.45) is 0 Å². The highest BCUT2D eigenvalue weighted by Gasteiger charge is 2.41. The number of piperidine rings is 1. The number of amides is 1. The van der Waals surface area contributed by atoms with Crippen molar-refractivity contribution in [1.82, 2.24) is 20.4 Å². The van der Waals surface area contributed by atoms with Crippen molar-refractivity contribution in [1.29, 1.82) is 0 Å². The van der Waals surface area contributed by atoms with Crippen LogP contribution in [0.4, 0.5) is 0 Å². The zero-order chi connectivity index (χ0) is 16.8. The lowest BCUT2D eigenvalue weighted by molar-refractivity contribution is -0.132. The molecular formula is C18H25ClN4O2. The molecule has 1 aromatic carbocycles. The minimum absolute atomic E-state index is 0. The van der Waals surface area contributed by atoms with Gasteiger partial charge in [-0.2, -0.15) is 5.10 Å². The number of rotatable bonds is 6. The molecule has 1 saturated heterocycles. The van der Waals surface area contributed by atoms with Crippen molar-refractivity contribution < 1.29 is 9.53 Å². The number of hydrogen-bond donors (Lipinski definition) is 2. The van der Waals surface area contributed by atoms with E-state index in [0.717, 1.165) is 37.2 Å². The van der Waals surface area contributed by atoms with Gasteiger partial charge >= 0.3 is 0 Å². The molecule has 0 saturated carbocycles. The minimum Gasteiger partial charge on any atom is -0.494 e. The van der Waals surface area contributed by atoms with Crippen molar-refractivity contribution in [2.75, 3.05) is 19.7 Å². The number of hydrogen-bond acceptors (Lipinski definition) is 4. The van der Waals surface area contributed by atoms with Crippen LogP contribution >= 0.6 is 12.4 Å². The van der Waals surface area contributed by atoms with Crippen LogP contribution in [0.3, 0.4) is 0 Å². The van der Waals surface area contributed by atoms with Gasteiger partial charge in [-0.05, 0) is 56.6 Å². The Labute approximate surface area is 154 Å². The second-order valence-electron chi connectivity index (χ2n) is 6.00. The van der Waals surface area contributed by atoms with Crippen molar-refractivity contribution in [3.63, 3.8) is 0 Å². The molecule has 7 heteroatoms. The monoisotopic (exact) mass is 364 g/mol. The van der Waals surface area contributed by atoms with Crippen LogP contribution in [-0.4, -0.2) is 35.4 Å². The van der Waals surface area contributed by atoms with Crippen LogP contribution in [0.15, 0.2) is 42.7 Å². The Bertz CT molecular complexity index is 669. The van der Waals surface area contributed by atoms with Gasteiger partial charge in [0.1, 0.15) is 11.3 Å². The Balaban J connectivity index is 0.00000225. The Morgan fingerprint density at radius 3 is 2.84 bits per heavy atom. The van der Waals surface area contributed by atoms with Gasteiger partial charge in [0.15, 0.2) is 0 Å². The Hall–Kier alpha value is -2.05. The highest BCUT2D eigenvalue weighted by atomic mass is 35.5. The van der Waals surface area contributed by atoms with E-state index in [9.17, 15) is 4.79 Å². The molecule has 0 aliphatic carbocycles. The van der Waals surface area contributed by atoms with Gasteiger partial charge in [0, 0.05) is 18.9 Å². The zero-order valence-electron chi connectivity index (χ0n) is 14.4.